The molecule has 0 fully saturated rings. The molecule has 1 rings (SSSR count). The van der Waals surface area contributed by atoms with E-state index in [4.69, 9.17) is 0 Å². The molecule has 3 heteroatoms. The van der Waals surface area contributed by atoms with Crippen molar-refractivity contribution in [1.82, 2.24) is 0 Å². The molecule has 0 aromatic carbocycles. The van der Waals surface area contributed by atoms with E-state index in [1.54, 1.807) is 18.3 Å². The summed E-state index contributed by atoms with van der Waals surface area (Å²) < 4.78 is 1.06. The van der Waals surface area contributed by atoms with Gasteiger partial charge in [0.15, 0.2) is 0 Å². The number of halogens is 1. The maximum Gasteiger partial charge on any atom is 0.135 e. The van der Waals surface area contributed by atoms with E-state index >= 15 is 0 Å². The summed E-state index contributed by atoms with van der Waals surface area (Å²) in [5.41, 5.74) is 0. The quantitative estimate of drug-likeness (QED) is 0.747. The lowest BCUT2D eigenvalue weighted by molar-refractivity contribution is -0.116. The van der Waals surface area contributed by atoms with Crippen LogP contribution < -0.4 is 0 Å². The highest BCUT2D eigenvalue weighted by atomic mass is 79.9. The minimum atomic E-state index is 0.217. The standard InChI is InChI=1S/C7H7BrOS/c1-5(9)2-7-3-6(8)4-10-7/h3-4H,2H2,1H3. The van der Waals surface area contributed by atoms with Gasteiger partial charge in [-0.15, -0.1) is 11.3 Å². The predicted octanol–water partition coefficient (Wildman–Crippen LogP) is 2.64. The fraction of sp³-hybridized carbons (Fsp3) is 0.286. The van der Waals surface area contributed by atoms with Crippen LogP contribution in [0, 0.1) is 0 Å². The van der Waals surface area contributed by atoms with Gasteiger partial charge in [-0.05, 0) is 28.9 Å². The van der Waals surface area contributed by atoms with E-state index in [1.807, 2.05) is 11.4 Å². The number of carbonyl (C=O) groups excluding carboxylic acids is 1. The Morgan fingerprint density at radius 1 is 1.80 bits per heavy atom. The molecule has 10 heavy (non-hydrogen) atoms. The third-order valence-electron chi connectivity index (χ3n) is 1.04. The van der Waals surface area contributed by atoms with E-state index < -0.39 is 0 Å². The number of Topliss-reactive ketones (excluding diaryl/α,β-unsaturated/α-hetero) is 1. The smallest absolute Gasteiger partial charge is 0.135 e. The molecule has 1 aromatic rings. The van der Waals surface area contributed by atoms with Gasteiger partial charge in [0.2, 0.25) is 0 Å². The molecule has 0 amide bonds. The number of rotatable bonds is 2. The molecule has 0 saturated heterocycles. The van der Waals surface area contributed by atoms with Crippen LogP contribution in [-0.4, -0.2) is 5.78 Å². The first-order valence-electron chi connectivity index (χ1n) is 2.91. The second kappa shape index (κ2) is 3.30. The largest absolute Gasteiger partial charge is 0.300 e. The van der Waals surface area contributed by atoms with Crippen molar-refractivity contribution in [3.63, 3.8) is 0 Å². The molecular weight excluding hydrogens is 212 g/mol. The second-order valence-corrected chi connectivity index (χ2v) is 4.02. The summed E-state index contributed by atoms with van der Waals surface area (Å²) in [4.78, 5) is 11.7. The van der Waals surface area contributed by atoms with Gasteiger partial charge in [0.1, 0.15) is 5.78 Å². The zero-order valence-electron chi connectivity index (χ0n) is 5.56. The van der Waals surface area contributed by atoms with Gasteiger partial charge >= 0.3 is 0 Å². The number of hydrogen-bond donors (Lipinski definition) is 0. The van der Waals surface area contributed by atoms with Crippen LogP contribution >= 0.6 is 27.3 Å². The van der Waals surface area contributed by atoms with Crippen molar-refractivity contribution in [2.24, 2.45) is 0 Å². The Morgan fingerprint density at radius 2 is 2.50 bits per heavy atom. The molecule has 0 atom stereocenters. The van der Waals surface area contributed by atoms with Gasteiger partial charge in [-0.25, -0.2) is 0 Å². The van der Waals surface area contributed by atoms with E-state index in [9.17, 15) is 4.79 Å². The fourth-order valence-corrected chi connectivity index (χ4v) is 2.21. The van der Waals surface area contributed by atoms with Gasteiger partial charge in [0.25, 0.3) is 0 Å². The summed E-state index contributed by atoms with van der Waals surface area (Å²) in [5.74, 6) is 0.217. The van der Waals surface area contributed by atoms with Crippen LogP contribution in [0.15, 0.2) is 15.9 Å². The van der Waals surface area contributed by atoms with Crippen LogP contribution in [-0.2, 0) is 11.2 Å². The van der Waals surface area contributed by atoms with Gasteiger partial charge in [0.05, 0.1) is 0 Å². The molecule has 54 valence electrons. The summed E-state index contributed by atoms with van der Waals surface area (Å²) >= 11 is 4.93. The van der Waals surface area contributed by atoms with Gasteiger partial charge in [-0.3, -0.25) is 4.79 Å². The van der Waals surface area contributed by atoms with Crippen molar-refractivity contribution in [3.8, 4) is 0 Å². The maximum atomic E-state index is 10.6. The highest BCUT2D eigenvalue weighted by Crippen LogP contribution is 2.19. The van der Waals surface area contributed by atoms with Crippen molar-refractivity contribution in [1.29, 1.82) is 0 Å². The Bertz CT molecular complexity index is 242. The first kappa shape index (κ1) is 7.95. The molecule has 0 saturated carbocycles. The SMILES string of the molecule is CC(=O)Cc1cc(Br)cs1. The Balaban J connectivity index is 2.67. The Labute approximate surface area is 72.2 Å². The molecule has 1 heterocycles. The third kappa shape index (κ3) is 2.23. The van der Waals surface area contributed by atoms with E-state index in [0.29, 0.717) is 6.42 Å². The zero-order chi connectivity index (χ0) is 7.56. The van der Waals surface area contributed by atoms with Crippen LogP contribution in [0.25, 0.3) is 0 Å². The van der Waals surface area contributed by atoms with Gasteiger partial charge in [0, 0.05) is 21.2 Å². The van der Waals surface area contributed by atoms with Crippen molar-refractivity contribution < 1.29 is 4.79 Å². The fourth-order valence-electron chi connectivity index (χ4n) is 0.692. The van der Waals surface area contributed by atoms with E-state index in [1.165, 1.54) is 0 Å². The molecule has 0 aliphatic carbocycles. The number of carbonyl (C=O) groups is 1. The minimum Gasteiger partial charge on any atom is -0.300 e. The van der Waals surface area contributed by atoms with Gasteiger partial charge in [-0.2, -0.15) is 0 Å². The molecule has 0 N–H and O–H groups in total. The highest BCUT2D eigenvalue weighted by Gasteiger charge is 1.99. The Hall–Kier alpha value is -0.150. The predicted molar refractivity (Wildman–Crippen MR) is 46.4 cm³/mol. The monoisotopic (exact) mass is 218 g/mol. The van der Waals surface area contributed by atoms with Crippen molar-refractivity contribution >= 4 is 33.0 Å². The lowest BCUT2D eigenvalue weighted by atomic mass is 10.3. The average Bonchev–Trinajstić information content (AvgIpc) is 2.13. The Kier molecular flexibility index (Phi) is 2.63. The topological polar surface area (TPSA) is 17.1 Å². The van der Waals surface area contributed by atoms with Gasteiger partial charge < -0.3 is 0 Å². The summed E-state index contributed by atoms with van der Waals surface area (Å²) in [7, 11) is 0. The van der Waals surface area contributed by atoms with Crippen LogP contribution in [0.1, 0.15) is 11.8 Å². The molecule has 0 aliphatic rings. The van der Waals surface area contributed by atoms with Crippen LogP contribution in [0.2, 0.25) is 0 Å². The molecule has 1 nitrogen and oxygen atoms in total. The summed E-state index contributed by atoms with van der Waals surface area (Å²) in [5, 5.41) is 1.98. The van der Waals surface area contributed by atoms with Crippen LogP contribution in [0.3, 0.4) is 0 Å². The summed E-state index contributed by atoms with van der Waals surface area (Å²) in [6.07, 6.45) is 0.566. The second-order valence-electron chi connectivity index (χ2n) is 2.11. The van der Waals surface area contributed by atoms with E-state index in [2.05, 4.69) is 15.9 Å². The molecule has 0 aliphatic heterocycles. The van der Waals surface area contributed by atoms with Crippen molar-refractivity contribution in [2.75, 3.05) is 0 Å². The molecule has 0 bridgehead atoms. The number of hydrogen-bond acceptors (Lipinski definition) is 2. The highest BCUT2D eigenvalue weighted by molar-refractivity contribution is 9.10. The lowest BCUT2D eigenvalue weighted by Crippen LogP contribution is -1.92. The maximum absolute atomic E-state index is 10.6. The summed E-state index contributed by atoms with van der Waals surface area (Å²) in [6, 6.07) is 1.98. The first-order chi connectivity index (χ1) is 4.68. The minimum absolute atomic E-state index is 0.217. The van der Waals surface area contributed by atoms with Crippen LogP contribution in [0.5, 0.6) is 0 Å². The molecule has 0 spiro atoms. The van der Waals surface area contributed by atoms with Crippen LogP contribution in [0.4, 0.5) is 0 Å². The first-order valence-corrected chi connectivity index (χ1v) is 4.58. The molecule has 0 radical (unpaired) electrons. The van der Waals surface area contributed by atoms with E-state index in [-0.39, 0.29) is 5.78 Å². The van der Waals surface area contributed by atoms with Crippen molar-refractivity contribution in [2.45, 2.75) is 13.3 Å². The lowest BCUT2D eigenvalue weighted by Gasteiger charge is -1.86. The summed E-state index contributed by atoms with van der Waals surface area (Å²) in [6.45, 7) is 1.60. The zero-order valence-corrected chi connectivity index (χ0v) is 7.96. The number of ketones is 1. The molecule has 0 unspecified atom stereocenters. The van der Waals surface area contributed by atoms with Gasteiger partial charge in [-0.1, -0.05) is 0 Å². The molecule has 1 aromatic heterocycles. The van der Waals surface area contributed by atoms with E-state index in [0.717, 1.165) is 9.35 Å². The normalized spacial score (nSPS) is 9.80. The van der Waals surface area contributed by atoms with Crippen molar-refractivity contribution in [3.05, 3.63) is 20.8 Å². The third-order valence-corrected chi connectivity index (χ3v) is 2.74. The Morgan fingerprint density at radius 3 is 2.90 bits per heavy atom. The molecular formula is C7H7BrOS. The number of thiophene rings is 1. The average molecular weight is 219 g/mol.